The number of ether oxygens (including phenoxy) is 1. The molecule has 0 saturated carbocycles. The van der Waals surface area contributed by atoms with Crippen LogP contribution in [0.1, 0.15) is 44.5 Å². The largest absolute Gasteiger partial charge is 0.534 e. The van der Waals surface area contributed by atoms with Crippen LogP contribution < -0.4 is 4.18 Å². The molecule has 27 heavy (non-hydrogen) atoms. The molecule has 1 aliphatic rings. The summed E-state index contributed by atoms with van der Waals surface area (Å²) in [5.41, 5.74) is -5.52. The fraction of sp³-hybridized carbons (Fsp3) is 0.625. The van der Waals surface area contributed by atoms with Crippen molar-refractivity contribution in [3.8, 4) is 5.75 Å². The molecule has 11 heteroatoms. The van der Waals surface area contributed by atoms with Crippen LogP contribution >= 0.6 is 0 Å². The molecule has 152 valence electrons. The summed E-state index contributed by atoms with van der Waals surface area (Å²) in [5, 5.41) is 0. The molecule has 0 aliphatic carbocycles. The number of halogens is 3. The Bertz CT molecular complexity index is 818. The molecule has 1 fully saturated rings. The fourth-order valence-electron chi connectivity index (χ4n) is 2.59. The number of rotatable bonds is 3. The lowest BCUT2D eigenvalue weighted by atomic mass is 10.0. The van der Waals surface area contributed by atoms with E-state index in [1.807, 2.05) is 0 Å². The summed E-state index contributed by atoms with van der Waals surface area (Å²) < 4.78 is 69.4. The van der Waals surface area contributed by atoms with Crippen molar-refractivity contribution in [2.45, 2.75) is 51.1 Å². The van der Waals surface area contributed by atoms with Gasteiger partial charge >= 0.3 is 21.7 Å². The van der Waals surface area contributed by atoms with E-state index in [1.165, 1.54) is 11.8 Å². The third kappa shape index (κ3) is 5.47. The molecule has 0 bridgehead atoms. The average Bonchev–Trinajstić information content (AvgIpc) is 2.92. The predicted molar refractivity (Wildman–Crippen MR) is 89.7 cm³/mol. The summed E-state index contributed by atoms with van der Waals surface area (Å²) >= 11 is 0. The molecule has 1 saturated heterocycles. The molecular weight excluding hydrogens is 389 g/mol. The second-order valence-corrected chi connectivity index (χ2v) is 8.80. The highest BCUT2D eigenvalue weighted by atomic mass is 32.2. The van der Waals surface area contributed by atoms with Crippen molar-refractivity contribution in [3.63, 3.8) is 0 Å². The van der Waals surface area contributed by atoms with Gasteiger partial charge in [0.05, 0.1) is 0 Å². The number of pyridine rings is 1. The van der Waals surface area contributed by atoms with Gasteiger partial charge in [0.25, 0.3) is 0 Å². The van der Waals surface area contributed by atoms with E-state index in [2.05, 4.69) is 9.17 Å². The Labute approximate surface area is 155 Å². The highest BCUT2D eigenvalue weighted by Crippen LogP contribution is 2.32. The number of carbonyl (C=O) groups is 1. The van der Waals surface area contributed by atoms with E-state index in [1.54, 1.807) is 20.8 Å². The summed E-state index contributed by atoms with van der Waals surface area (Å²) in [4.78, 5) is 17.8. The first-order valence-corrected chi connectivity index (χ1v) is 9.56. The number of hydrogen-bond donors (Lipinski definition) is 0. The lowest BCUT2D eigenvalue weighted by Gasteiger charge is -2.24. The van der Waals surface area contributed by atoms with Gasteiger partial charge in [-0.2, -0.15) is 21.6 Å². The number of alkyl halides is 3. The van der Waals surface area contributed by atoms with Crippen LogP contribution in [0, 0.1) is 6.92 Å². The average molecular weight is 410 g/mol. The molecule has 0 spiro atoms. The Morgan fingerprint density at radius 3 is 2.44 bits per heavy atom. The molecule has 1 amide bonds. The summed E-state index contributed by atoms with van der Waals surface area (Å²) in [5.74, 6) is -0.737. The molecule has 0 aromatic carbocycles. The monoisotopic (exact) mass is 410 g/mol. The van der Waals surface area contributed by atoms with Crippen molar-refractivity contribution >= 4 is 16.2 Å². The summed E-state index contributed by atoms with van der Waals surface area (Å²) in [6.45, 7) is 7.39. The molecule has 0 N–H and O–H groups in total. The maximum atomic E-state index is 12.5. The third-order valence-corrected chi connectivity index (χ3v) is 4.67. The van der Waals surface area contributed by atoms with Gasteiger partial charge in [0, 0.05) is 42.5 Å². The van der Waals surface area contributed by atoms with Crippen molar-refractivity contribution in [3.05, 3.63) is 23.5 Å². The molecule has 1 aromatic heterocycles. The summed E-state index contributed by atoms with van der Waals surface area (Å²) in [7, 11) is -5.76. The molecule has 1 aromatic rings. The predicted octanol–water partition coefficient (Wildman–Crippen LogP) is 3.34. The fourth-order valence-corrected chi connectivity index (χ4v) is 3.03. The van der Waals surface area contributed by atoms with Crippen LogP contribution in [-0.4, -0.2) is 48.6 Å². The lowest BCUT2D eigenvalue weighted by Crippen LogP contribution is -2.35. The van der Waals surface area contributed by atoms with E-state index < -0.39 is 33.1 Å². The number of aromatic nitrogens is 1. The first-order valence-electron chi connectivity index (χ1n) is 8.15. The second kappa shape index (κ2) is 7.17. The van der Waals surface area contributed by atoms with Crippen LogP contribution in [0.4, 0.5) is 18.0 Å². The minimum Gasteiger partial charge on any atom is -0.444 e. The van der Waals surface area contributed by atoms with Gasteiger partial charge in [-0.15, -0.1) is 0 Å². The minimum atomic E-state index is -5.76. The smallest absolute Gasteiger partial charge is 0.444 e. The topological polar surface area (TPSA) is 85.8 Å². The van der Waals surface area contributed by atoms with Gasteiger partial charge in [0.15, 0.2) is 0 Å². The van der Waals surface area contributed by atoms with Crippen molar-refractivity contribution in [1.29, 1.82) is 0 Å². The second-order valence-electron chi connectivity index (χ2n) is 7.26. The van der Waals surface area contributed by atoms with E-state index in [9.17, 15) is 26.4 Å². The maximum Gasteiger partial charge on any atom is 0.534 e. The van der Waals surface area contributed by atoms with Gasteiger partial charge in [-0.05, 0) is 34.1 Å². The number of aryl methyl sites for hydroxylation is 1. The van der Waals surface area contributed by atoms with Crippen molar-refractivity contribution in [2.75, 3.05) is 13.1 Å². The zero-order chi connectivity index (χ0) is 20.6. The lowest BCUT2D eigenvalue weighted by molar-refractivity contribution is -0.0500. The number of carbonyl (C=O) groups excluding carboxylic acids is 1. The maximum absolute atomic E-state index is 12.5. The minimum absolute atomic E-state index is 0.261. The van der Waals surface area contributed by atoms with Gasteiger partial charge in [-0.3, -0.25) is 4.98 Å². The van der Waals surface area contributed by atoms with E-state index >= 15 is 0 Å². The Balaban J connectivity index is 2.16. The highest BCUT2D eigenvalue weighted by molar-refractivity contribution is 7.88. The zero-order valence-corrected chi connectivity index (χ0v) is 16.1. The number of nitrogens with zero attached hydrogens (tertiary/aromatic N) is 2. The Kier molecular flexibility index (Phi) is 5.65. The molecule has 1 unspecified atom stereocenters. The Morgan fingerprint density at radius 1 is 1.26 bits per heavy atom. The van der Waals surface area contributed by atoms with Crippen molar-refractivity contribution in [1.82, 2.24) is 9.88 Å². The van der Waals surface area contributed by atoms with Crippen LogP contribution in [0.15, 0.2) is 12.1 Å². The first-order chi connectivity index (χ1) is 12.2. The van der Waals surface area contributed by atoms with E-state index in [4.69, 9.17) is 4.74 Å². The molecule has 7 nitrogen and oxygen atoms in total. The normalized spacial score (nSPS) is 18.5. The number of likely N-dealkylation sites (tertiary alicyclic amines) is 1. The Morgan fingerprint density at radius 2 is 1.89 bits per heavy atom. The number of hydrogen-bond acceptors (Lipinski definition) is 6. The molecule has 2 rings (SSSR count). The molecule has 1 aliphatic heterocycles. The van der Waals surface area contributed by atoms with Crippen LogP contribution in [0.5, 0.6) is 5.75 Å². The van der Waals surface area contributed by atoms with Gasteiger partial charge < -0.3 is 13.8 Å². The standard InChI is InChI=1S/C16H21F3N2O5S/c1-10-7-12(26-27(23,24)16(17,18)19)8-13(20-10)11-5-6-21(9-11)14(22)25-15(2,3)4/h7-8,11H,5-6,9H2,1-4H3. The van der Waals surface area contributed by atoms with Gasteiger partial charge in [0.2, 0.25) is 0 Å². The molecule has 2 heterocycles. The highest BCUT2D eigenvalue weighted by Gasteiger charge is 2.48. The van der Waals surface area contributed by atoms with Crippen LogP contribution in [0.2, 0.25) is 0 Å². The quantitative estimate of drug-likeness (QED) is 0.561. The molecular formula is C16H21F3N2O5S. The van der Waals surface area contributed by atoms with E-state index in [0.29, 0.717) is 24.4 Å². The van der Waals surface area contributed by atoms with Crippen LogP contribution in [0.25, 0.3) is 0 Å². The first kappa shape index (κ1) is 21.3. The summed E-state index contributed by atoms with van der Waals surface area (Å²) in [6.07, 6.45) is 0.0232. The van der Waals surface area contributed by atoms with Crippen LogP contribution in [-0.2, 0) is 14.9 Å². The van der Waals surface area contributed by atoms with Gasteiger partial charge in [-0.25, -0.2) is 4.79 Å². The van der Waals surface area contributed by atoms with Crippen molar-refractivity contribution < 1.29 is 35.3 Å². The van der Waals surface area contributed by atoms with Gasteiger partial charge in [-0.1, -0.05) is 0 Å². The SMILES string of the molecule is Cc1cc(OS(=O)(=O)C(F)(F)F)cc(C2CCN(C(=O)OC(C)(C)C)C2)n1. The number of amides is 1. The van der Waals surface area contributed by atoms with E-state index in [0.717, 1.165) is 12.1 Å². The third-order valence-electron chi connectivity index (χ3n) is 3.69. The molecule has 0 radical (unpaired) electrons. The zero-order valence-electron chi connectivity index (χ0n) is 15.3. The van der Waals surface area contributed by atoms with Crippen molar-refractivity contribution in [2.24, 2.45) is 0 Å². The summed E-state index contributed by atoms with van der Waals surface area (Å²) in [6, 6.07) is 2.26. The van der Waals surface area contributed by atoms with Gasteiger partial charge in [0.1, 0.15) is 11.4 Å². The Hall–Kier alpha value is -2.04. The molecule has 1 atom stereocenters. The van der Waals surface area contributed by atoms with E-state index in [-0.39, 0.29) is 12.5 Å². The van der Waals surface area contributed by atoms with Crippen LogP contribution in [0.3, 0.4) is 0 Å².